The smallest absolute Gasteiger partial charge is 0.276 e. The van der Waals surface area contributed by atoms with Crippen LogP contribution in [0.25, 0.3) is 5.69 Å². The highest BCUT2D eigenvalue weighted by atomic mass is 16.2. The van der Waals surface area contributed by atoms with Gasteiger partial charge in [-0.2, -0.15) is 5.10 Å². The first-order valence-corrected chi connectivity index (χ1v) is 9.59. The standard InChI is InChI=1S/C22H20N4O2/c27-20-12-9-14-13-15(10-11-18(14)24-20)23-22(28)21-17-7-4-8-19(17)26(25-21)16-5-2-1-3-6-16/h1-3,5-6,10-11,13H,4,7-9,12H2,(H,23,28)(H,24,27). The van der Waals surface area contributed by atoms with E-state index in [1.165, 1.54) is 0 Å². The minimum atomic E-state index is -0.187. The normalized spacial score (nSPS) is 14.9. The molecule has 0 fully saturated rings. The van der Waals surface area contributed by atoms with Crippen molar-refractivity contribution in [1.82, 2.24) is 9.78 Å². The predicted molar refractivity (Wildman–Crippen MR) is 107 cm³/mol. The van der Waals surface area contributed by atoms with Gasteiger partial charge in [0.2, 0.25) is 5.91 Å². The molecule has 0 saturated heterocycles. The number of fused-ring (bicyclic) bond motifs is 2. The molecular weight excluding hydrogens is 352 g/mol. The molecule has 0 atom stereocenters. The van der Waals surface area contributed by atoms with Gasteiger partial charge in [0.05, 0.1) is 5.69 Å². The predicted octanol–water partition coefficient (Wildman–Crippen LogP) is 3.50. The lowest BCUT2D eigenvalue weighted by Crippen LogP contribution is -2.20. The van der Waals surface area contributed by atoms with Gasteiger partial charge >= 0.3 is 0 Å². The van der Waals surface area contributed by atoms with Crippen LogP contribution in [0.2, 0.25) is 0 Å². The van der Waals surface area contributed by atoms with Crippen LogP contribution in [0.4, 0.5) is 11.4 Å². The van der Waals surface area contributed by atoms with Gasteiger partial charge in [0.1, 0.15) is 0 Å². The molecule has 0 bridgehead atoms. The SMILES string of the molecule is O=C1CCc2cc(NC(=O)c3nn(-c4ccccc4)c4c3CCC4)ccc2N1. The van der Waals surface area contributed by atoms with Gasteiger partial charge in [-0.15, -0.1) is 0 Å². The lowest BCUT2D eigenvalue weighted by molar-refractivity contribution is -0.116. The monoisotopic (exact) mass is 372 g/mol. The van der Waals surface area contributed by atoms with Crippen LogP contribution in [-0.4, -0.2) is 21.6 Å². The molecule has 0 spiro atoms. The Labute approximate surface area is 162 Å². The molecule has 2 N–H and O–H groups in total. The first kappa shape index (κ1) is 16.7. The Bertz CT molecular complexity index is 1090. The molecule has 3 aromatic rings. The first-order chi connectivity index (χ1) is 13.7. The number of aromatic nitrogens is 2. The van der Waals surface area contributed by atoms with Gasteiger partial charge < -0.3 is 10.6 Å². The Morgan fingerprint density at radius 2 is 1.89 bits per heavy atom. The van der Waals surface area contributed by atoms with E-state index in [2.05, 4.69) is 15.7 Å². The molecule has 1 aliphatic carbocycles. The number of anilines is 2. The van der Waals surface area contributed by atoms with E-state index in [1.807, 2.05) is 53.2 Å². The lowest BCUT2D eigenvalue weighted by atomic mass is 10.0. The third-order valence-corrected chi connectivity index (χ3v) is 5.40. The van der Waals surface area contributed by atoms with Crippen molar-refractivity contribution < 1.29 is 9.59 Å². The fraction of sp³-hybridized carbons (Fsp3) is 0.227. The molecule has 0 saturated carbocycles. The number of carbonyl (C=O) groups excluding carboxylic acids is 2. The molecule has 2 aliphatic rings. The molecule has 6 heteroatoms. The summed E-state index contributed by atoms with van der Waals surface area (Å²) in [5.41, 5.74) is 6.24. The van der Waals surface area contributed by atoms with E-state index >= 15 is 0 Å². The molecule has 0 unspecified atom stereocenters. The Morgan fingerprint density at radius 3 is 2.75 bits per heavy atom. The quantitative estimate of drug-likeness (QED) is 0.739. The molecule has 28 heavy (non-hydrogen) atoms. The van der Waals surface area contributed by atoms with Crippen LogP contribution in [0.3, 0.4) is 0 Å². The van der Waals surface area contributed by atoms with Crippen LogP contribution in [0.15, 0.2) is 48.5 Å². The van der Waals surface area contributed by atoms with Crippen LogP contribution in [0.1, 0.15) is 40.2 Å². The molecular formula is C22H20N4O2. The Morgan fingerprint density at radius 1 is 1.04 bits per heavy atom. The summed E-state index contributed by atoms with van der Waals surface area (Å²) in [7, 11) is 0. The maximum absolute atomic E-state index is 13.0. The molecule has 2 amide bonds. The van der Waals surface area contributed by atoms with Gasteiger partial charge in [0.25, 0.3) is 5.91 Å². The van der Waals surface area contributed by atoms with E-state index in [4.69, 9.17) is 0 Å². The second-order valence-corrected chi connectivity index (χ2v) is 7.25. The Kier molecular flexibility index (Phi) is 3.97. The minimum Gasteiger partial charge on any atom is -0.326 e. The second kappa shape index (κ2) is 6.64. The number of nitrogens with one attached hydrogen (secondary N) is 2. The maximum Gasteiger partial charge on any atom is 0.276 e. The molecule has 2 aromatic carbocycles. The van der Waals surface area contributed by atoms with Gasteiger partial charge in [-0.25, -0.2) is 4.68 Å². The summed E-state index contributed by atoms with van der Waals surface area (Å²) in [5, 5.41) is 10.5. The summed E-state index contributed by atoms with van der Waals surface area (Å²) in [4.78, 5) is 24.5. The van der Waals surface area contributed by atoms with Crippen molar-refractivity contribution in [3.63, 3.8) is 0 Å². The number of para-hydroxylation sites is 1. The van der Waals surface area contributed by atoms with Crippen molar-refractivity contribution in [2.75, 3.05) is 10.6 Å². The number of nitrogens with zero attached hydrogens (tertiary/aromatic N) is 2. The largest absolute Gasteiger partial charge is 0.326 e. The van der Waals surface area contributed by atoms with Crippen LogP contribution in [-0.2, 0) is 24.1 Å². The molecule has 140 valence electrons. The highest BCUT2D eigenvalue weighted by Gasteiger charge is 2.27. The van der Waals surface area contributed by atoms with Gasteiger partial charge in [-0.1, -0.05) is 18.2 Å². The van der Waals surface area contributed by atoms with E-state index in [-0.39, 0.29) is 11.8 Å². The van der Waals surface area contributed by atoms with Gasteiger partial charge in [0, 0.05) is 29.1 Å². The van der Waals surface area contributed by atoms with Crippen LogP contribution >= 0.6 is 0 Å². The summed E-state index contributed by atoms with van der Waals surface area (Å²) >= 11 is 0. The van der Waals surface area contributed by atoms with E-state index in [9.17, 15) is 9.59 Å². The van der Waals surface area contributed by atoms with E-state index in [1.54, 1.807) is 0 Å². The molecule has 1 aliphatic heterocycles. The molecule has 1 aromatic heterocycles. The topological polar surface area (TPSA) is 76.0 Å². The Balaban J connectivity index is 1.44. The van der Waals surface area contributed by atoms with Crippen molar-refractivity contribution in [2.24, 2.45) is 0 Å². The van der Waals surface area contributed by atoms with Crippen molar-refractivity contribution in [3.05, 3.63) is 71.0 Å². The number of amides is 2. The van der Waals surface area contributed by atoms with E-state index < -0.39 is 0 Å². The second-order valence-electron chi connectivity index (χ2n) is 7.25. The zero-order valence-electron chi connectivity index (χ0n) is 15.4. The Hall–Kier alpha value is -3.41. The zero-order chi connectivity index (χ0) is 19.1. The van der Waals surface area contributed by atoms with Crippen LogP contribution < -0.4 is 10.6 Å². The van der Waals surface area contributed by atoms with E-state index in [0.717, 1.165) is 53.1 Å². The minimum absolute atomic E-state index is 0.0336. The highest BCUT2D eigenvalue weighted by Crippen LogP contribution is 2.29. The van der Waals surface area contributed by atoms with Gasteiger partial charge in [-0.3, -0.25) is 9.59 Å². The number of hydrogen-bond acceptors (Lipinski definition) is 3. The number of hydrogen-bond donors (Lipinski definition) is 2. The number of carbonyl (C=O) groups is 2. The van der Waals surface area contributed by atoms with Gasteiger partial charge in [0.15, 0.2) is 5.69 Å². The summed E-state index contributed by atoms with van der Waals surface area (Å²) in [6.07, 6.45) is 4.01. The van der Waals surface area contributed by atoms with Crippen molar-refractivity contribution in [1.29, 1.82) is 0 Å². The average molecular weight is 372 g/mol. The average Bonchev–Trinajstić information content (AvgIpc) is 3.31. The first-order valence-electron chi connectivity index (χ1n) is 9.59. The maximum atomic E-state index is 13.0. The summed E-state index contributed by atoms with van der Waals surface area (Å²) in [6, 6.07) is 15.5. The molecule has 0 radical (unpaired) electrons. The van der Waals surface area contributed by atoms with Crippen LogP contribution in [0.5, 0.6) is 0 Å². The number of rotatable bonds is 3. The van der Waals surface area contributed by atoms with Crippen molar-refractivity contribution >= 4 is 23.2 Å². The summed E-state index contributed by atoms with van der Waals surface area (Å²) in [5.74, 6) is -0.154. The van der Waals surface area contributed by atoms with Crippen molar-refractivity contribution in [3.8, 4) is 5.69 Å². The third-order valence-electron chi connectivity index (χ3n) is 5.40. The number of benzene rings is 2. The fourth-order valence-corrected chi connectivity index (χ4v) is 4.05. The van der Waals surface area contributed by atoms with Crippen molar-refractivity contribution in [2.45, 2.75) is 32.1 Å². The molecule has 6 nitrogen and oxygen atoms in total. The zero-order valence-corrected chi connectivity index (χ0v) is 15.4. The summed E-state index contributed by atoms with van der Waals surface area (Å²) in [6.45, 7) is 0. The lowest BCUT2D eigenvalue weighted by Gasteiger charge is -2.17. The van der Waals surface area contributed by atoms with Gasteiger partial charge in [-0.05, 0) is 61.6 Å². The molecule has 2 heterocycles. The van der Waals surface area contributed by atoms with E-state index in [0.29, 0.717) is 18.5 Å². The number of aryl methyl sites for hydroxylation is 1. The van der Waals surface area contributed by atoms with Crippen LogP contribution in [0, 0.1) is 0 Å². The highest BCUT2D eigenvalue weighted by molar-refractivity contribution is 6.04. The summed E-state index contributed by atoms with van der Waals surface area (Å²) < 4.78 is 1.90. The molecule has 5 rings (SSSR count). The fourth-order valence-electron chi connectivity index (χ4n) is 4.05. The third kappa shape index (κ3) is 2.87.